The van der Waals surface area contributed by atoms with Crippen LogP contribution in [0.3, 0.4) is 0 Å². The second-order valence-electron chi connectivity index (χ2n) is 0. The zero-order valence-electron chi connectivity index (χ0n) is 0.679. The summed E-state index contributed by atoms with van der Waals surface area (Å²) >= 11 is 1.45. The van der Waals surface area contributed by atoms with Crippen molar-refractivity contribution in [3.8, 4) is 0 Å². The Morgan fingerprint density at radius 1 is 1.00 bits per heavy atom. The van der Waals surface area contributed by atoms with E-state index in [2.05, 4.69) is 0 Å². The molecule has 4 heavy (non-hydrogen) atoms. The zero-order valence-corrected chi connectivity index (χ0v) is 2.16. The van der Waals surface area contributed by atoms with Crippen molar-refractivity contribution < 1.29 is 24.6 Å². The van der Waals surface area contributed by atoms with Crippen LogP contribution in [0.15, 0.2) is 0 Å². The van der Waals surface area contributed by atoms with Gasteiger partial charge in [-0.15, -0.1) is 0 Å². The normalized spacial score (nSPS) is 1.75. The van der Waals surface area contributed by atoms with Gasteiger partial charge in [-0.2, -0.15) is 0 Å². The molecule has 0 aliphatic carbocycles. The molecule has 0 atom stereocenters. The quantitative estimate of drug-likeness (QED) is 0.471. The van der Waals surface area contributed by atoms with Gasteiger partial charge in [0, 0.05) is 0 Å². The summed E-state index contributed by atoms with van der Waals surface area (Å²) in [5.41, 5.74) is 0. The third-order valence-corrected chi connectivity index (χ3v) is 0. The van der Waals surface area contributed by atoms with Crippen molar-refractivity contribution in [2.24, 2.45) is 0 Å². The molecule has 0 saturated heterocycles. The van der Waals surface area contributed by atoms with E-state index in [1.54, 1.807) is 0 Å². The van der Waals surface area contributed by atoms with Crippen LogP contribution in [0.5, 0.6) is 0 Å². The molecule has 0 bridgehead atoms. The molecule has 0 N–H and O–H groups in total. The molecule has 0 rings (SSSR count). The van der Waals surface area contributed by atoms with Crippen molar-refractivity contribution in [1.82, 2.24) is 0 Å². The molecule has 0 heterocycles. The minimum absolute atomic E-state index is 0. The van der Waals surface area contributed by atoms with Gasteiger partial charge in [0.1, 0.15) is 0 Å². The van der Waals surface area contributed by atoms with E-state index >= 15 is 0 Å². The second kappa shape index (κ2) is 58.3. The van der Waals surface area contributed by atoms with Gasteiger partial charge in [0.2, 0.25) is 0 Å². The molecule has 0 fully saturated rings. The second-order valence-corrected chi connectivity index (χ2v) is 0. The first-order valence-electron chi connectivity index (χ1n) is 0.114. The molecule has 0 amide bonds. The Balaban J connectivity index is -0.00000000500. The Labute approximate surface area is 40.0 Å². The molecular formula is C2H8AgF. The monoisotopic (exact) mass is 158 g/mol. The molecular weight excluding hydrogens is 151 g/mol. The van der Waals surface area contributed by atoms with E-state index < -0.39 is 0 Å². The summed E-state index contributed by atoms with van der Waals surface area (Å²) in [5.74, 6) is 0. The summed E-state index contributed by atoms with van der Waals surface area (Å²) in [7, 11) is 0. The van der Waals surface area contributed by atoms with Crippen LogP contribution in [0.1, 0.15) is 14.9 Å². The molecule has 0 aliphatic rings. The summed E-state index contributed by atoms with van der Waals surface area (Å²) in [6.45, 7) is 0. The molecule has 0 aliphatic heterocycles. The van der Waals surface area contributed by atoms with Crippen LogP contribution in [0.2, 0.25) is 0 Å². The van der Waals surface area contributed by atoms with E-state index in [-0.39, 0.29) is 14.9 Å². The fraction of sp³-hybridized carbons (Fsp3) is 1.00. The molecule has 0 spiro atoms. The van der Waals surface area contributed by atoms with Gasteiger partial charge >= 0.3 is 24.6 Å². The van der Waals surface area contributed by atoms with E-state index in [1.807, 2.05) is 0 Å². The Morgan fingerprint density at radius 3 is 1.00 bits per heavy atom. The molecule has 0 radical (unpaired) electrons. The fourth-order valence-electron chi connectivity index (χ4n) is 0. The van der Waals surface area contributed by atoms with Gasteiger partial charge in [0.15, 0.2) is 0 Å². The predicted octanol–water partition coefficient (Wildman–Crippen LogP) is 1.69. The van der Waals surface area contributed by atoms with Gasteiger partial charge in [0.25, 0.3) is 0 Å². The Bertz CT molecular complexity index is 6.00. The van der Waals surface area contributed by atoms with Gasteiger partial charge < -0.3 is 0 Å². The summed E-state index contributed by atoms with van der Waals surface area (Å²) < 4.78 is 9.31. The molecule has 0 unspecified atom stereocenters. The van der Waals surface area contributed by atoms with E-state index in [0.29, 0.717) is 0 Å². The van der Waals surface area contributed by atoms with Crippen LogP contribution in [0, 0.1) is 0 Å². The van der Waals surface area contributed by atoms with E-state index in [0.717, 1.165) is 0 Å². The van der Waals surface area contributed by atoms with Gasteiger partial charge in [-0.05, 0) is 0 Å². The van der Waals surface area contributed by atoms with Gasteiger partial charge in [-0.1, -0.05) is 14.9 Å². The topological polar surface area (TPSA) is 0 Å². The third-order valence-electron chi connectivity index (χ3n) is 0. The maximum absolute atomic E-state index is 9.31. The molecule has 0 aromatic carbocycles. The number of rotatable bonds is 0. The first-order chi connectivity index (χ1) is 1.00. The van der Waals surface area contributed by atoms with E-state index in [1.165, 1.54) is 21.6 Å². The van der Waals surface area contributed by atoms with E-state index in [4.69, 9.17) is 0 Å². The van der Waals surface area contributed by atoms with E-state index in [9.17, 15) is 3.02 Å². The third kappa shape index (κ3) is 16.6. The summed E-state index contributed by atoms with van der Waals surface area (Å²) in [5, 5.41) is 0. The van der Waals surface area contributed by atoms with Crippen LogP contribution < -0.4 is 0 Å². The van der Waals surface area contributed by atoms with Crippen molar-refractivity contribution in [3.63, 3.8) is 0 Å². The zero-order chi connectivity index (χ0) is 2.00. The predicted molar refractivity (Wildman–Crippen MR) is 14.6 cm³/mol. The van der Waals surface area contributed by atoms with Crippen LogP contribution in [-0.4, -0.2) is 0 Å². The van der Waals surface area contributed by atoms with Crippen molar-refractivity contribution in [3.05, 3.63) is 0 Å². The van der Waals surface area contributed by atoms with Crippen LogP contribution in [0.4, 0.5) is 3.02 Å². The summed E-state index contributed by atoms with van der Waals surface area (Å²) in [4.78, 5) is 0. The molecule has 0 aromatic rings. The average Bonchev–Trinajstić information content (AvgIpc) is 1.00. The van der Waals surface area contributed by atoms with Crippen molar-refractivity contribution in [2.45, 2.75) is 14.9 Å². The first kappa shape index (κ1) is 22.6. The number of halogens is 1. The van der Waals surface area contributed by atoms with Gasteiger partial charge in [-0.25, -0.2) is 0 Å². The minimum atomic E-state index is 0. The fourth-order valence-corrected chi connectivity index (χ4v) is 0. The van der Waals surface area contributed by atoms with Crippen molar-refractivity contribution in [1.29, 1.82) is 0 Å². The molecule has 0 aromatic heterocycles. The van der Waals surface area contributed by atoms with Crippen LogP contribution in [-0.2, 0) is 21.6 Å². The van der Waals surface area contributed by atoms with Crippen molar-refractivity contribution >= 4 is 0 Å². The number of hydrogen-bond donors (Lipinski definition) is 0. The summed E-state index contributed by atoms with van der Waals surface area (Å²) in [6, 6.07) is 0. The molecule has 0 saturated carbocycles. The Morgan fingerprint density at radius 2 is 1.00 bits per heavy atom. The van der Waals surface area contributed by atoms with Gasteiger partial charge in [0.05, 0.1) is 0 Å². The number of hydrogen-bond acceptors (Lipinski definition) is 0. The molecule has 2 heteroatoms. The van der Waals surface area contributed by atoms with Gasteiger partial charge in [-0.3, -0.25) is 0 Å². The first-order valence-corrected chi connectivity index (χ1v) is 0.674. The average molecular weight is 159 g/mol. The maximum atomic E-state index is 9.31. The molecule has 0 nitrogen and oxygen atoms in total. The van der Waals surface area contributed by atoms with Crippen LogP contribution in [0.25, 0.3) is 0 Å². The van der Waals surface area contributed by atoms with Crippen LogP contribution >= 0.6 is 0 Å². The summed E-state index contributed by atoms with van der Waals surface area (Å²) in [6.07, 6.45) is 0. The van der Waals surface area contributed by atoms with Crippen molar-refractivity contribution in [2.75, 3.05) is 0 Å². The molecule has 34 valence electrons. The Hall–Kier alpha value is 0.670. The Kier molecular flexibility index (Phi) is 328. The standard InChI is InChI=1S/2CH4.Ag.FH/h2*1H4;;1H/q;;+1;/p-1. The SMILES string of the molecule is C.C.[F][Ag].